The zero-order valence-electron chi connectivity index (χ0n) is 12.7. The molecule has 24 heavy (non-hydrogen) atoms. The maximum absolute atomic E-state index is 12.3. The smallest absolute Gasteiger partial charge is 0.289 e. The van der Waals surface area contributed by atoms with Gasteiger partial charge >= 0.3 is 0 Å². The predicted octanol–water partition coefficient (Wildman–Crippen LogP) is 3.78. The molecule has 0 N–H and O–H groups in total. The zero-order valence-corrected chi connectivity index (χ0v) is 15.1. The van der Waals surface area contributed by atoms with Gasteiger partial charge in [-0.1, -0.05) is 17.4 Å². The molecule has 0 aliphatic heterocycles. The first kappa shape index (κ1) is 16.9. The number of carbonyl (C=O) groups excluding carboxylic acids is 1. The third-order valence-electron chi connectivity index (χ3n) is 3.33. The first-order valence-electron chi connectivity index (χ1n) is 6.99. The van der Waals surface area contributed by atoms with E-state index in [-0.39, 0.29) is 11.6 Å². The number of nitro benzene ring substituents is 1. The lowest BCUT2D eigenvalue weighted by Gasteiger charge is -2.03. The number of nitro groups is 1. The first-order chi connectivity index (χ1) is 11.6. The molecule has 0 fully saturated rings. The van der Waals surface area contributed by atoms with E-state index in [1.807, 2.05) is 22.3 Å². The summed E-state index contributed by atoms with van der Waals surface area (Å²) in [6.07, 6.45) is 2.01. The number of thiazole rings is 1. The van der Waals surface area contributed by atoms with Crippen LogP contribution in [0.25, 0.3) is 10.2 Å². The highest BCUT2D eigenvalue weighted by Gasteiger charge is 2.13. The normalized spacial score (nSPS) is 12.0. The van der Waals surface area contributed by atoms with Gasteiger partial charge in [-0.25, -0.2) is 0 Å². The molecule has 0 saturated heterocycles. The van der Waals surface area contributed by atoms with Crippen LogP contribution in [0.3, 0.4) is 0 Å². The van der Waals surface area contributed by atoms with Gasteiger partial charge in [0.15, 0.2) is 4.80 Å². The van der Waals surface area contributed by atoms with E-state index in [1.165, 1.54) is 34.8 Å². The molecule has 6 nitrogen and oxygen atoms in total. The van der Waals surface area contributed by atoms with Gasteiger partial charge in [0.1, 0.15) is 0 Å². The predicted molar refractivity (Wildman–Crippen MR) is 99.1 cm³/mol. The number of hydrogen-bond donors (Lipinski definition) is 0. The summed E-state index contributed by atoms with van der Waals surface area (Å²) in [4.78, 5) is 28.2. The van der Waals surface area contributed by atoms with E-state index in [0.717, 1.165) is 16.0 Å². The number of thioether (sulfide) groups is 1. The van der Waals surface area contributed by atoms with E-state index < -0.39 is 4.92 Å². The SMILES string of the molecule is CSCCn1c(=NC(=O)c2cccs2)sc2cc([N+](=O)[O-])ccc21. The van der Waals surface area contributed by atoms with Crippen LogP contribution in [0.15, 0.2) is 40.7 Å². The average Bonchev–Trinajstić information content (AvgIpc) is 3.20. The van der Waals surface area contributed by atoms with Gasteiger partial charge in [-0.05, 0) is 23.8 Å². The Kier molecular flexibility index (Phi) is 5.12. The van der Waals surface area contributed by atoms with Crippen LogP contribution in [0.5, 0.6) is 0 Å². The fraction of sp³-hybridized carbons (Fsp3) is 0.200. The molecule has 9 heteroatoms. The van der Waals surface area contributed by atoms with E-state index >= 15 is 0 Å². The number of benzene rings is 1. The lowest BCUT2D eigenvalue weighted by molar-refractivity contribution is -0.384. The Labute approximate surface area is 149 Å². The van der Waals surface area contributed by atoms with Gasteiger partial charge in [0, 0.05) is 24.4 Å². The first-order valence-corrected chi connectivity index (χ1v) is 10.1. The van der Waals surface area contributed by atoms with Gasteiger partial charge in [0.25, 0.3) is 11.6 Å². The Morgan fingerprint density at radius 1 is 1.42 bits per heavy atom. The summed E-state index contributed by atoms with van der Waals surface area (Å²) in [6.45, 7) is 0.690. The van der Waals surface area contributed by atoms with Gasteiger partial charge in [0.2, 0.25) is 0 Å². The van der Waals surface area contributed by atoms with Crippen LogP contribution in [0.1, 0.15) is 9.67 Å². The number of hydrogen-bond acceptors (Lipinski definition) is 6. The second-order valence-electron chi connectivity index (χ2n) is 4.83. The number of nitrogens with zero attached hydrogens (tertiary/aromatic N) is 3. The van der Waals surface area contributed by atoms with Crippen LogP contribution in [0.2, 0.25) is 0 Å². The summed E-state index contributed by atoms with van der Waals surface area (Å²) in [5.41, 5.74) is 0.897. The summed E-state index contributed by atoms with van der Waals surface area (Å²) in [5, 5.41) is 12.8. The highest BCUT2D eigenvalue weighted by Crippen LogP contribution is 2.23. The standard InChI is InChI=1S/C15H13N3O3S3/c1-22-8-6-17-11-5-4-10(18(20)21)9-13(11)24-15(17)16-14(19)12-3-2-7-23-12/h2-5,7,9H,6,8H2,1H3. The van der Waals surface area contributed by atoms with Gasteiger partial charge in [-0.2, -0.15) is 16.8 Å². The molecular weight excluding hydrogens is 366 g/mol. The molecule has 2 heterocycles. The Morgan fingerprint density at radius 2 is 2.25 bits per heavy atom. The van der Waals surface area contributed by atoms with Crippen LogP contribution < -0.4 is 4.80 Å². The molecule has 124 valence electrons. The van der Waals surface area contributed by atoms with Crippen molar-refractivity contribution in [1.29, 1.82) is 0 Å². The minimum Gasteiger partial charge on any atom is -0.315 e. The van der Waals surface area contributed by atoms with Crippen molar-refractivity contribution in [2.75, 3.05) is 12.0 Å². The summed E-state index contributed by atoms with van der Waals surface area (Å²) in [5.74, 6) is 0.576. The van der Waals surface area contributed by atoms with Crippen molar-refractivity contribution in [3.05, 3.63) is 55.5 Å². The quantitative estimate of drug-likeness (QED) is 0.499. The van der Waals surface area contributed by atoms with Crippen molar-refractivity contribution in [3.63, 3.8) is 0 Å². The molecule has 3 aromatic rings. The molecule has 0 atom stereocenters. The summed E-state index contributed by atoms with van der Waals surface area (Å²) < 4.78 is 2.70. The van der Waals surface area contributed by atoms with Gasteiger partial charge < -0.3 is 4.57 Å². The monoisotopic (exact) mass is 379 g/mol. The summed E-state index contributed by atoms with van der Waals surface area (Å²) >= 11 is 4.34. The molecule has 3 rings (SSSR count). The highest BCUT2D eigenvalue weighted by molar-refractivity contribution is 7.98. The molecule has 0 aliphatic rings. The Bertz CT molecular complexity index is 957. The maximum Gasteiger partial charge on any atom is 0.289 e. The van der Waals surface area contributed by atoms with Crippen molar-refractivity contribution in [2.45, 2.75) is 6.54 Å². The molecule has 0 unspecified atom stereocenters. The summed E-state index contributed by atoms with van der Waals surface area (Å²) in [7, 11) is 0. The van der Waals surface area contributed by atoms with E-state index in [4.69, 9.17) is 0 Å². The second kappa shape index (κ2) is 7.29. The molecule has 1 amide bonds. The zero-order chi connectivity index (χ0) is 17.1. The van der Waals surface area contributed by atoms with E-state index in [9.17, 15) is 14.9 Å². The molecule has 0 aliphatic carbocycles. The lowest BCUT2D eigenvalue weighted by atomic mass is 10.3. The third kappa shape index (κ3) is 3.42. The topological polar surface area (TPSA) is 77.5 Å². The minimum absolute atomic E-state index is 0.0388. The van der Waals surface area contributed by atoms with Crippen molar-refractivity contribution < 1.29 is 9.72 Å². The average molecular weight is 379 g/mol. The molecular formula is C15H13N3O3S3. The Morgan fingerprint density at radius 3 is 2.92 bits per heavy atom. The third-order valence-corrected chi connectivity index (χ3v) is 5.82. The number of carbonyl (C=O) groups is 1. The van der Waals surface area contributed by atoms with E-state index in [2.05, 4.69) is 4.99 Å². The molecule has 0 saturated carbocycles. The van der Waals surface area contributed by atoms with Crippen molar-refractivity contribution >= 4 is 56.2 Å². The number of non-ortho nitro benzene ring substituents is 1. The van der Waals surface area contributed by atoms with E-state index in [1.54, 1.807) is 23.9 Å². The van der Waals surface area contributed by atoms with Crippen molar-refractivity contribution in [3.8, 4) is 0 Å². The fourth-order valence-corrected chi connectivity index (χ4v) is 4.26. The maximum atomic E-state index is 12.3. The molecule has 0 bridgehead atoms. The molecule has 2 aromatic heterocycles. The van der Waals surface area contributed by atoms with Crippen LogP contribution in [-0.2, 0) is 6.54 Å². The number of aromatic nitrogens is 1. The Balaban J connectivity index is 2.14. The minimum atomic E-state index is -0.418. The largest absolute Gasteiger partial charge is 0.315 e. The number of rotatable bonds is 5. The van der Waals surface area contributed by atoms with Gasteiger partial charge in [-0.15, -0.1) is 11.3 Å². The fourth-order valence-electron chi connectivity index (χ4n) is 2.20. The number of thiophene rings is 1. The molecule has 1 aromatic carbocycles. The van der Waals surface area contributed by atoms with Crippen molar-refractivity contribution in [1.82, 2.24) is 4.57 Å². The number of aryl methyl sites for hydroxylation is 1. The Hall–Kier alpha value is -1.97. The van der Waals surface area contributed by atoms with Gasteiger partial charge in [0.05, 0.1) is 20.0 Å². The van der Waals surface area contributed by atoms with Gasteiger partial charge in [-0.3, -0.25) is 14.9 Å². The van der Waals surface area contributed by atoms with E-state index in [0.29, 0.717) is 16.2 Å². The van der Waals surface area contributed by atoms with Crippen molar-refractivity contribution in [2.24, 2.45) is 4.99 Å². The number of amides is 1. The molecule has 0 radical (unpaired) electrons. The number of fused-ring (bicyclic) bond motifs is 1. The van der Waals surface area contributed by atoms with Crippen LogP contribution in [-0.4, -0.2) is 27.4 Å². The molecule has 0 spiro atoms. The highest BCUT2D eigenvalue weighted by atomic mass is 32.2. The van der Waals surface area contributed by atoms with Crippen LogP contribution in [0, 0.1) is 10.1 Å². The second-order valence-corrected chi connectivity index (χ2v) is 7.77. The summed E-state index contributed by atoms with van der Waals surface area (Å²) in [6, 6.07) is 8.28. The lowest BCUT2D eigenvalue weighted by Crippen LogP contribution is -2.18. The van der Waals surface area contributed by atoms with Crippen LogP contribution in [0.4, 0.5) is 5.69 Å². The van der Waals surface area contributed by atoms with Crippen LogP contribution >= 0.6 is 34.4 Å².